The molecule has 0 amide bonds. The second-order valence-electron chi connectivity index (χ2n) is 6.41. The lowest BCUT2D eigenvalue weighted by Crippen LogP contribution is -2.00. The summed E-state index contributed by atoms with van der Waals surface area (Å²) in [6.45, 7) is 3.89. The van der Waals surface area contributed by atoms with E-state index < -0.39 is 17.5 Å². The molecule has 0 aliphatic rings. The highest BCUT2D eigenvalue weighted by Crippen LogP contribution is 2.18. The molecule has 0 aliphatic carbocycles. The summed E-state index contributed by atoms with van der Waals surface area (Å²) in [7, 11) is 0. The third kappa shape index (κ3) is 7.87. The number of aromatic nitrogens is 4. The second kappa shape index (κ2) is 12.4. The number of halogens is 5. The Bertz CT molecular complexity index is 1300. The molecule has 2 aromatic heterocycles. The van der Waals surface area contributed by atoms with Crippen molar-refractivity contribution in [3.05, 3.63) is 95.9 Å². The van der Waals surface area contributed by atoms with Gasteiger partial charge in [-0.15, -0.1) is 0 Å². The largest absolute Gasteiger partial charge is 0.282 e. The number of nitrogens with one attached hydrogen (secondary N) is 1. The van der Waals surface area contributed by atoms with E-state index in [2.05, 4.69) is 60.5 Å². The van der Waals surface area contributed by atoms with Crippen LogP contribution in [0.2, 0.25) is 0 Å². The topological polar surface area (TPSA) is 94.1 Å². The van der Waals surface area contributed by atoms with E-state index in [4.69, 9.17) is 10.5 Å². The van der Waals surface area contributed by atoms with Crippen molar-refractivity contribution in [1.29, 1.82) is 10.5 Å². The molecule has 0 unspecified atom stereocenters. The summed E-state index contributed by atoms with van der Waals surface area (Å²) in [6.07, 6.45) is 3.50. The lowest BCUT2D eigenvalue weighted by atomic mass is 10.2. The maximum atomic E-state index is 13.2. The number of aryl methyl sites for hydroxylation is 1. The molecule has 0 saturated carbocycles. The van der Waals surface area contributed by atoms with Crippen molar-refractivity contribution in [2.75, 3.05) is 0 Å². The first-order chi connectivity index (χ1) is 15.6. The Morgan fingerprint density at radius 1 is 0.818 bits per heavy atom. The number of hydrogen-bond acceptors (Lipinski definition) is 4. The van der Waals surface area contributed by atoms with Crippen molar-refractivity contribution in [2.24, 2.45) is 0 Å². The minimum atomic E-state index is -0.725. The molecule has 0 fully saturated rings. The van der Waals surface area contributed by atoms with Crippen LogP contribution in [0.3, 0.4) is 0 Å². The summed E-state index contributed by atoms with van der Waals surface area (Å²) < 4.78 is 41.5. The number of hydrogen-bond donors (Lipinski definition) is 1. The van der Waals surface area contributed by atoms with E-state index in [0.29, 0.717) is 11.3 Å². The number of H-pyrrole nitrogens is 1. The quantitative estimate of drug-likeness (QED) is 0.253. The molecule has 0 bridgehead atoms. The van der Waals surface area contributed by atoms with Crippen LogP contribution in [0.5, 0.6) is 0 Å². The molecule has 168 valence electrons. The molecule has 1 N–H and O–H groups in total. The van der Waals surface area contributed by atoms with Crippen LogP contribution < -0.4 is 0 Å². The maximum absolute atomic E-state index is 13.2. The number of nitriles is 2. The molecular formula is C22H15F3I2N6. The molecule has 4 aromatic rings. The lowest BCUT2D eigenvalue weighted by molar-refractivity contribution is 0.582. The molecule has 4 rings (SSSR count). The molecule has 2 heterocycles. The molecule has 33 heavy (non-hydrogen) atoms. The zero-order chi connectivity index (χ0) is 24.5. The first-order valence-electron chi connectivity index (χ1n) is 9.07. The van der Waals surface area contributed by atoms with Gasteiger partial charge >= 0.3 is 0 Å². The molecule has 0 saturated heterocycles. The van der Waals surface area contributed by atoms with E-state index in [1.165, 1.54) is 15.7 Å². The average molecular weight is 674 g/mol. The van der Waals surface area contributed by atoms with Crippen LogP contribution in [0.25, 0.3) is 5.69 Å². The Kier molecular flexibility index (Phi) is 9.87. The van der Waals surface area contributed by atoms with Gasteiger partial charge in [-0.05, 0) is 89.4 Å². The summed E-state index contributed by atoms with van der Waals surface area (Å²) in [6, 6.07) is 10.4. The van der Waals surface area contributed by atoms with E-state index in [1.807, 2.05) is 19.9 Å². The second-order valence-corrected chi connectivity index (χ2v) is 8.74. The van der Waals surface area contributed by atoms with Crippen molar-refractivity contribution >= 4 is 45.2 Å². The van der Waals surface area contributed by atoms with Crippen molar-refractivity contribution in [1.82, 2.24) is 20.0 Å². The molecule has 0 aliphatic heterocycles. The Balaban J connectivity index is 0.000000193. The summed E-state index contributed by atoms with van der Waals surface area (Å²) in [5.41, 5.74) is 2.92. The van der Waals surface area contributed by atoms with E-state index in [9.17, 15) is 13.2 Å². The van der Waals surface area contributed by atoms with Crippen LogP contribution in [0.15, 0.2) is 48.8 Å². The van der Waals surface area contributed by atoms with Gasteiger partial charge in [-0.3, -0.25) is 5.10 Å². The molecule has 2 aromatic carbocycles. The Hall–Kier alpha value is -2.91. The summed E-state index contributed by atoms with van der Waals surface area (Å²) >= 11 is 4.38. The van der Waals surface area contributed by atoms with E-state index >= 15 is 0 Å². The van der Waals surface area contributed by atoms with Gasteiger partial charge in [0.15, 0.2) is 0 Å². The Morgan fingerprint density at radius 2 is 1.36 bits per heavy atom. The first kappa shape index (κ1) is 26.3. The van der Waals surface area contributed by atoms with Gasteiger partial charge in [0.1, 0.15) is 17.5 Å². The van der Waals surface area contributed by atoms with Crippen molar-refractivity contribution in [2.45, 2.75) is 13.8 Å². The monoisotopic (exact) mass is 674 g/mol. The Labute approximate surface area is 215 Å². The van der Waals surface area contributed by atoms with Crippen molar-refractivity contribution in [3.8, 4) is 17.8 Å². The number of aromatic amines is 1. The fourth-order valence-electron chi connectivity index (χ4n) is 2.37. The number of nitrogens with zero attached hydrogens (tertiary/aromatic N) is 5. The molecule has 6 nitrogen and oxygen atoms in total. The highest BCUT2D eigenvalue weighted by molar-refractivity contribution is 14.1. The molecule has 0 spiro atoms. The summed E-state index contributed by atoms with van der Waals surface area (Å²) in [5, 5.41) is 27.7. The maximum Gasteiger partial charge on any atom is 0.127 e. The molecule has 0 atom stereocenters. The third-order valence-corrected chi connectivity index (χ3v) is 6.11. The Morgan fingerprint density at radius 3 is 1.76 bits per heavy atom. The lowest BCUT2D eigenvalue weighted by Gasteiger charge is -2.05. The highest BCUT2D eigenvalue weighted by atomic mass is 127. The fraction of sp³-hybridized carbons (Fsp3) is 0.0909. The molecular weight excluding hydrogens is 659 g/mol. The fourth-order valence-corrected chi connectivity index (χ4v) is 2.98. The van der Waals surface area contributed by atoms with Gasteiger partial charge in [0.25, 0.3) is 0 Å². The van der Waals surface area contributed by atoms with Crippen LogP contribution in [-0.4, -0.2) is 20.0 Å². The van der Waals surface area contributed by atoms with Gasteiger partial charge in [-0.2, -0.15) is 20.7 Å². The molecule has 11 heteroatoms. The highest BCUT2D eigenvalue weighted by Gasteiger charge is 2.08. The van der Waals surface area contributed by atoms with Crippen LogP contribution in [0.1, 0.15) is 22.5 Å². The minimum Gasteiger partial charge on any atom is -0.282 e. The van der Waals surface area contributed by atoms with Crippen molar-refractivity contribution < 1.29 is 13.2 Å². The van der Waals surface area contributed by atoms with Gasteiger partial charge in [-0.25, -0.2) is 17.9 Å². The van der Waals surface area contributed by atoms with Gasteiger partial charge in [0.2, 0.25) is 0 Å². The zero-order valence-corrected chi connectivity index (χ0v) is 21.6. The summed E-state index contributed by atoms with van der Waals surface area (Å²) in [4.78, 5) is 0. The molecule has 0 radical (unpaired) electrons. The van der Waals surface area contributed by atoms with E-state index in [1.54, 1.807) is 29.2 Å². The van der Waals surface area contributed by atoms with Crippen LogP contribution in [-0.2, 0) is 0 Å². The van der Waals surface area contributed by atoms with E-state index in [-0.39, 0.29) is 5.56 Å². The number of benzene rings is 2. The smallest absolute Gasteiger partial charge is 0.127 e. The predicted molar refractivity (Wildman–Crippen MR) is 133 cm³/mol. The van der Waals surface area contributed by atoms with Crippen LogP contribution in [0.4, 0.5) is 13.2 Å². The first-order valence-corrected chi connectivity index (χ1v) is 11.2. The standard InChI is InChI=1S/C11H7FIN3.C7H3F2N.C4H5IN2/c1-7-11(13)6-15-16(7)10-3-8(5-14)2-9(12)4-10;8-6-1-5(4-10)2-7(9)3-6;1-3-4(5)2-6-7-3/h2-4,6H,1H3;1-3H;2H,1H3,(H,6,7). The number of rotatable bonds is 1. The van der Waals surface area contributed by atoms with Gasteiger partial charge in [0, 0.05) is 11.8 Å². The predicted octanol–water partition coefficient (Wildman–Crippen LogP) is 5.96. The third-order valence-electron chi connectivity index (χ3n) is 3.97. The zero-order valence-electron chi connectivity index (χ0n) is 17.2. The van der Waals surface area contributed by atoms with Crippen LogP contribution in [0, 0.1) is 61.1 Å². The van der Waals surface area contributed by atoms with Gasteiger partial charge in [-0.1, -0.05) is 0 Å². The normalized spacial score (nSPS) is 9.61. The van der Waals surface area contributed by atoms with Gasteiger partial charge < -0.3 is 0 Å². The van der Waals surface area contributed by atoms with E-state index in [0.717, 1.165) is 33.2 Å². The van der Waals surface area contributed by atoms with Crippen molar-refractivity contribution in [3.63, 3.8) is 0 Å². The average Bonchev–Trinajstić information content (AvgIpc) is 3.31. The van der Waals surface area contributed by atoms with Gasteiger partial charge in [0.05, 0.1) is 54.2 Å². The minimum absolute atomic E-state index is 0.00231. The SMILES string of the molecule is Cc1[nH]ncc1I.Cc1c(I)cnn1-c1cc(F)cc(C#N)c1.N#Cc1cc(F)cc(F)c1. The van der Waals surface area contributed by atoms with Crippen LogP contribution >= 0.6 is 45.2 Å². The summed E-state index contributed by atoms with van der Waals surface area (Å²) in [5.74, 6) is -1.88.